The summed E-state index contributed by atoms with van der Waals surface area (Å²) in [4.78, 5) is 13.9. The monoisotopic (exact) mass is 340 g/mol. The molecule has 1 fully saturated rings. The van der Waals surface area contributed by atoms with Crippen LogP contribution in [0.2, 0.25) is 0 Å². The number of H-pyrrole nitrogens is 1. The lowest BCUT2D eigenvalue weighted by molar-refractivity contribution is 0.102. The SMILES string of the molecule is Cc1cc(C(=O)Nc2cc(C3CC3)[nH]n2)c(C)n1Cc1cccs1. The second-order valence-electron chi connectivity index (χ2n) is 6.39. The number of aromatic amines is 1. The molecule has 0 radical (unpaired) electrons. The molecule has 0 aliphatic heterocycles. The standard InChI is InChI=1S/C18H20N4OS/c1-11-8-15(12(2)22(11)10-14-4-3-7-24-14)18(23)19-17-9-16(20-21-17)13-5-6-13/h3-4,7-9,13H,5-6,10H2,1-2H3,(H2,19,20,21,23). The van der Waals surface area contributed by atoms with Gasteiger partial charge in [0.15, 0.2) is 5.82 Å². The maximum absolute atomic E-state index is 12.6. The van der Waals surface area contributed by atoms with Gasteiger partial charge < -0.3 is 9.88 Å². The Morgan fingerprint density at radius 1 is 1.42 bits per heavy atom. The highest BCUT2D eigenvalue weighted by atomic mass is 32.1. The molecule has 1 saturated carbocycles. The van der Waals surface area contributed by atoms with E-state index in [-0.39, 0.29) is 5.91 Å². The minimum Gasteiger partial charge on any atom is -0.343 e. The number of aromatic nitrogens is 3. The minimum absolute atomic E-state index is 0.102. The van der Waals surface area contributed by atoms with E-state index in [2.05, 4.69) is 37.6 Å². The molecule has 4 rings (SSSR count). The van der Waals surface area contributed by atoms with Gasteiger partial charge in [0.2, 0.25) is 0 Å². The Labute approximate surface area is 144 Å². The van der Waals surface area contributed by atoms with Gasteiger partial charge in [0.25, 0.3) is 5.91 Å². The second-order valence-corrected chi connectivity index (χ2v) is 7.42. The van der Waals surface area contributed by atoms with Gasteiger partial charge >= 0.3 is 0 Å². The zero-order valence-electron chi connectivity index (χ0n) is 13.8. The van der Waals surface area contributed by atoms with Gasteiger partial charge in [-0.05, 0) is 44.2 Å². The zero-order chi connectivity index (χ0) is 16.7. The predicted octanol–water partition coefficient (Wildman–Crippen LogP) is 4.07. The molecule has 24 heavy (non-hydrogen) atoms. The molecule has 1 amide bonds. The van der Waals surface area contributed by atoms with Crippen molar-refractivity contribution in [2.75, 3.05) is 5.32 Å². The van der Waals surface area contributed by atoms with Crippen molar-refractivity contribution in [3.63, 3.8) is 0 Å². The van der Waals surface area contributed by atoms with Gasteiger partial charge in [0, 0.05) is 33.9 Å². The Morgan fingerprint density at radius 3 is 2.96 bits per heavy atom. The first-order valence-corrected chi connectivity index (χ1v) is 9.05. The lowest BCUT2D eigenvalue weighted by Gasteiger charge is -2.08. The molecular weight excluding hydrogens is 320 g/mol. The Bertz CT molecular complexity index is 871. The number of thiophene rings is 1. The average molecular weight is 340 g/mol. The molecule has 0 bridgehead atoms. The molecule has 0 unspecified atom stereocenters. The van der Waals surface area contributed by atoms with E-state index in [0.717, 1.165) is 23.6 Å². The summed E-state index contributed by atoms with van der Waals surface area (Å²) >= 11 is 1.73. The number of hydrogen-bond acceptors (Lipinski definition) is 3. The molecule has 1 aliphatic rings. The second kappa shape index (κ2) is 5.94. The van der Waals surface area contributed by atoms with Crippen molar-refractivity contribution in [1.29, 1.82) is 0 Å². The van der Waals surface area contributed by atoms with Crippen LogP contribution in [0, 0.1) is 13.8 Å². The van der Waals surface area contributed by atoms with E-state index in [9.17, 15) is 4.79 Å². The number of nitrogens with one attached hydrogen (secondary N) is 2. The highest BCUT2D eigenvalue weighted by molar-refractivity contribution is 7.09. The number of aryl methyl sites for hydroxylation is 1. The molecular formula is C18H20N4OS. The quantitative estimate of drug-likeness (QED) is 0.735. The molecule has 3 aromatic heterocycles. The van der Waals surface area contributed by atoms with Crippen molar-refractivity contribution in [3.05, 3.63) is 57.2 Å². The third kappa shape index (κ3) is 2.89. The van der Waals surface area contributed by atoms with Crippen molar-refractivity contribution in [2.24, 2.45) is 0 Å². The van der Waals surface area contributed by atoms with Crippen LogP contribution in [0.5, 0.6) is 0 Å². The van der Waals surface area contributed by atoms with E-state index in [0.29, 0.717) is 17.3 Å². The van der Waals surface area contributed by atoms with Crippen LogP contribution in [0.1, 0.15) is 51.1 Å². The predicted molar refractivity (Wildman–Crippen MR) is 95.8 cm³/mol. The largest absolute Gasteiger partial charge is 0.343 e. The van der Waals surface area contributed by atoms with Gasteiger partial charge in [-0.15, -0.1) is 11.3 Å². The molecule has 0 aromatic carbocycles. The lowest BCUT2D eigenvalue weighted by atomic mass is 10.2. The lowest BCUT2D eigenvalue weighted by Crippen LogP contribution is -2.13. The van der Waals surface area contributed by atoms with E-state index in [1.54, 1.807) is 11.3 Å². The van der Waals surface area contributed by atoms with E-state index in [1.165, 1.54) is 17.7 Å². The highest BCUT2D eigenvalue weighted by Crippen LogP contribution is 2.39. The normalized spacial score (nSPS) is 14.1. The molecule has 3 aromatic rings. The van der Waals surface area contributed by atoms with Crippen molar-refractivity contribution >= 4 is 23.1 Å². The van der Waals surface area contributed by atoms with Crippen LogP contribution in [0.4, 0.5) is 5.82 Å². The topological polar surface area (TPSA) is 62.7 Å². The maximum atomic E-state index is 12.6. The molecule has 3 heterocycles. The maximum Gasteiger partial charge on any atom is 0.258 e. The van der Waals surface area contributed by atoms with Gasteiger partial charge in [0.05, 0.1) is 12.1 Å². The smallest absolute Gasteiger partial charge is 0.258 e. The molecule has 1 aliphatic carbocycles. The van der Waals surface area contributed by atoms with Crippen LogP contribution in [0.3, 0.4) is 0 Å². The molecule has 2 N–H and O–H groups in total. The summed E-state index contributed by atoms with van der Waals surface area (Å²) in [6.07, 6.45) is 2.42. The molecule has 0 atom stereocenters. The fourth-order valence-corrected chi connectivity index (χ4v) is 3.71. The van der Waals surface area contributed by atoms with Crippen LogP contribution in [0.15, 0.2) is 29.6 Å². The molecule has 5 nitrogen and oxygen atoms in total. The van der Waals surface area contributed by atoms with Gasteiger partial charge in [-0.3, -0.25) is 9.89 Å². The third-order valence-electron chi connectivity index (χ3n) is 4.57. The molecule has 124 valence electrons. The summed E-state index contributed by atoms with van der Waals surface area (Å²) in [5, 5.41) is 12.2. The van der Waals surface area contributed by atoms with Crippen molar-refractivity contribution in [1.82, 2.24) is 14.8 Å². The van der Waals surface area contributed by atoms with Crippen LogP contribution in [-0.4, -0.2) is 20.7 Å². The van der Waals surface area contributed by atoms with E-state index in [4.69, 9.17) is 0 Å². The summed E-state index contributed by atoms with van der Waals surface area (Å²) < 4.78 is 2.18. The Morgan fingerprint density at radius 2 is 2.25 bits per heavy atom. The Hall–Kier alpha value is -2.34. The van der Waals surface area contributed by atoms with Gasteiger partial charge in [-0.2, -0.15) is 5.10 Å². The first-order valence-electron chi connectivity index (χ1n) is 8.17. The van der Waals surface area contributed by atoms with Crippen LogP contribution in [0.25, 0.3) is 0 Å². The highest BCUT2D eigenvalue weighted by Gasteiger charge is 2.26. The number of amides is 1. The zero-order valence-corrected chi connectivity index (χ0v) is 14.6. The number of hydrogen-bond donors (Lipinski definition) is 2. The van der Waals surface area contributed by atoms with Gasteiger partial charge in [0.1, 0.15) is 0 Å². The summed E-state index contributed by atoms with van der Waals surface area (Å²) in [5.41, 5.74) is 3.90. The van der Waals surface area contributed by atoms with Crippen LogP contribution < -0.4 is 5.32 Å². The van der Waals surface area contributed by atoms with Crippen LogP contribution >= 0.6 is 11.3 Å². The summed E-state index contributed by atoms with van der Waals surface area (Å²) in [6.45, 7) is 4.84. The van der Waals surface area contributed by atoms with Crippen molar-refractivity contribution < 1.29 is 4.79 Å². The Balaban J connectivity index is 1.53. The van der Waals surface area contributed by atoms with Gasteiger partial charge in [-0.1, -0.05) is 6.07 Å². The molecule has 0 saturated heterocycles. The average Bonchev–Trinajstić information content (AvgIpc) is 2.97. The first-order chi connectivity index (χ1) is 11.6. The van der Waals surface area contributed by atoms with Crippen molar-refractivity contribution in [3.8, 4) is 0 Å². The van der Waals surface area contributed by atoms with E-state index >= 15 is 0 Å². The van der Waals surface area contributed by atoms with E-state index in [1.807, 2.05) is 26.0 Å². The minimum atomic E-state index is -0.102. The van der Waals surface area contributed by atoms with Crippen LogP contribution in [-0.2, 0) is 6.54 Å². The number of anilines is 1. The summed E-state index contributed by atoms with van der Waals surface area (Å²) in [5.74, 6) is 1.10. The van der Waals surface area contributed by atoms with E-state index < -0.39 is 0 Å². The number of rotatable bonds is 5. The fourth-order valence-electron chi connectivity index (χ4n) is 3.02. The number of nitrogens with zero attached hydrogens (tertiary/aromatic N) is 2. The molecule has 0 spiro atoms. The fraction of sp³-hybridized carbons (Fsp3) is 0.333. The summed E-state index contributed by atoms with van der Waals surface area (Å²) in [7, 11) is 0. The number of carbonyl (C=O) groups is 1. The Kier molecular flexibility index (Phi) is 3.76. The first kappa shape index (κ1) is 15.2. The number of carbonyl (C=O) groups excluding carboxylic acids is 1. The summed E-state index contributed by atoms with van der Waals surface area (Å²) in [6, 6.07) is 8.07. The van der Waals surface area contributed by atoms with Crippen molar-refractivity contribution in [2.45, 2.75) is 39.2 Å². The molecule has 6 heteroatoms. The third-order valence-corrected chi connectivity index (χ3v) is 5.43. The van der Waals surface area contributed by atoms with Gasteiger partial charge in [-0.25, -0.2) is 0 Å².